The Morgan fingerprint density at radius 3 is 2.57 bits per heavy atom. The summed E-state index contributed by atoms with van der Waals surface area (Å²) in [5.41, 5.74) is 0.786. The number of halogens is 1. The zero-order valence-corrected chi connectivity index (χ0v) is 13.6. The van der Waals surface area contributed by atoms with Gasteiger partial charge in [0.15, 0.2) is 11.5 Å². The molecule has 2 aliphatic carbocycles. The van der Waals surface area contributed by atoms with Gasteiger partial charge in [-0.3, -0.25) is 4.79 Å². The van der Waals surface area contributed by atoms with Gasteiger partial charge in [-0.2, -0.15) is 0 Å². The summed E-state index contributed by atoms with van der Waals surface area (Å²) in [6.45, 7) is 0. The van der Waals surface area contributed by atoms with Gasteiger partial charge < -0.3 is 14.6 Å². The molecule has 0 saturated heterocycles. The first-order valence-corrected chi connectivity index (χ1v) is 8.10. The fraction of sp³-hybridized carbons (Fsp3) is 0.562. The van der Waals surface area contributed by atoms with Crippen LogP contribution in [-0.2, 0) is 10.2 Å². The number of benzene rings is 1. The van der Waals surface area contributed by atoms with Crippen LogP contribution < -0.4 is 9.47 Å². The summed E-state index contributed by atoms with van der Waals surface area (Å²) in [6, 6.07) is 3.86. The van der Waals surface area contributed by atoms with Gasteiger partial charge in [0.25, 0.3) is 0 Å². The number of carbonyl (C=O) groups is 1. The van der Waals surface area contributed by atoms with E-state index in [0.29, 0.717) is 5.75 Å². The first kappa shape index (κ1) is 14.7. The monoisotopic (exact) mass is 354 g/mol. The second-order valence-corrected chi connectivity index (χ2v) is 6.86. The summed E-state index contributed by atoms with van der Waals surface area (Å²) < 4.78 is 12.3. The van der Waals surface area contributed by atoms with Crippen molar-refractivity contribution in [1.82, 2.24) is 0 Å². The lowest BCUT2D eigenvalue weighted by Gasteiger charge is -2.28. The lowest BCUT2D eigenvalue weighted by atomic mass is 9.92. The van der Waals surface area contributed by atoms with Crippen molar-refractivity contribution in [2.45, 2.75) is 50.0 Å². The molecule has 3 rings (SSSR count). The van der Waals surface area contributed by atoms with Crippen molar-refractivity contribution in [3.05, 3.63) is 22.2 Å². The van der Waals surface area contributed by atoms with Gasteiger partial charge in [-0.05, 0) is 49.8 Å². The quantitative estimate of drug-likeness (QED) is 0.841. The Kier molecular flexibility index (Phi) is 3.86. The predicted molar refractivity (Wildman–Crippen MR) is 82.1 cm³/mol. The van der Waals surface area contributed by atoms with Crippen LogP contribution in [0.15, 0.2) is 16.6 Å². The third kappa shape index (κ3) is 2.89. The van der Waals surface area contributed by atoms with Gasteiger partial charge >= 0.3 is 5.97 Å². The first-order chi connectivity index (χ1) is 10.0. The Labute approximate surface area is 132 Å². The van der Waals surface area contributed by atoms with E-state index in [2.05, 4.69) is 15.9 Å². The molecule has 0 heterocycles. The van der Waals surface area contributed by atoms with Crippen LogP contribution in [-0.4, -0.2) is 24.3 Å². The van der Waals surface area contributed by atoms with E-state index in [0.717, 1.165) is 41.5 Å². The van der Waals surface area contributed by atoms with Crippen LogP contribution in [0.25, 0.3) is 0 Å². The van der Waals surface area contributed by atoms with Gasteiger partial charge in [-0.25, -0.2) is 0 Å². The van der Waals surface area contributed by atoms with Crippen LogP contribution >= 0.6 is 15.9 Å². The summed E-state index contributed by atoms with van der Waals surface area (Å²) in [4.78, 5) is 11.1. The minimum absolute atomic E-state index is 0.167. The van der Waals surface area contributed by atoms with E-state index in [9.17, 15) is 4.79 Å². The number of carboxylic acids is 1. The summed E-state index contributed by atoms with van der Waals surface area (Å²) in [7, 11) is 1.62. The summed E-state index contributed by atoms with van der Waals surface area (Å²) in [6.07, 6.45) is 5.62. The molecule has 0 aliphatic heterocycles. The molecule has 2 saturated carbocycles. The zero-order chi connectivity index (χ0) is 15.0. The maximum atomic E-state index is 11.1. The van der Waals surface area contributed by atoms with Crippen molar-refractivity contribution >= 4 is 21.9 Å². The highest BCUT2D eigenvalue weighted by atomic mass is 79.9. The number of hydrogen-bond donors (Lipinski definition) is 1. The van der Waals surface area contributed by atoms with E-state index in [1.807, 2.05) is 12.1 Å². The minimum atomic E-state index is -0.753. The number of methoxy groups -OCH3 is 1. The Bertz CT molecular complexity index is 562. The Hall–Kier alpha value is -1.23. The van der Waals surface area contributed by atoms with Crippen molar-refractivity contribution in [3.63, 3.8) is 0 Å². The lowest BCUT2D eigenvalue weighted by molar-refractivity contribution is -0.137. The Balaban J connectivity index is 1.92. The number of rotatable bonds is 6. The SMILES string of the molecule is COc1cc(Br)c(C2(CC(=O)O)CC2)cc1OC1CCC1. The molecule has 114 valence electrons. The molecule has 2 aliphatic rings. The molecule has 5 heteroatoms. The number of hydrogen-bond acceptors (Lipinski definition) is 3. The van der Waals surface area contributed by atoms with Gasteiger partial charge in [-0.15, -0.1) is 0 Å². The molecule has 21 heavy (non-hydrogen) atoms. The second-order valence-electron chi connectivity index (χ2n) is 6.00. The van der Waals surface area contributed by atoms with Crippen LogP contribution in [0, 0.1) is 0 Å². The van der Waals surface area contributed by atoms with Crippen LogP contribution in [0.5, 0.6) is 11.5 Å². The maximum absolute atomic E-state index is 11.1. The highest BCUT2D eigenvalue weighted by Crippen LogP contribution is 2.55. The summed E-state index contributed by atoms with van der Waals surface area (Å²) in [5.74, 6) is 0.678. The highest BCUT2D eigenvalue weighted by molar-refractivity contribution is 9.10. The topological polar surface area (TPSA) is 55.8 Å². The molecule has 0 atom stereocenters. The third-order valence-electron chi connectivity index (χ3n) is 4.51. The van der Waals surface area contributed by atoms with Crippen LogP contribution in [0.1, 0.15) is 44.1 Å². The Morgan fingerprint density at radius 2 is 2.10 bits per heavy atom. The fourth-order valence-corrected chi connectivity index (χ4v) is 3.59. The van der Waals surface area contributed by atoms with Gasteiger partial charge in [0.2, 0.25) is 0 Å². The van der Waals surface area contributed by atoms with Crippen LogP contribution in [0.4, 0.5) is 0 Å². The molecule has 0 amide bonds. The highest BCUT2D eigenvalue weighted by Gasteiger charge is 2.47. The van der Waals surface area contributed by atoms with E-state index in [1.54, 1.807) is 7.11 Å². The van der Waals surface area contributed by atoms with Crippen molar-refractivity contribution in [2.24, 2.45) is 0 Å². The Morgan fingerprint density at radius 1 is 1.38 bits per heavy atom. The smallest absolute Gasteiger partial charge is 0.304 e. The van der Waals surface area contributed by atoms with E-state index in [1.165, 1.54) is 6.42 Å². The molecule has 0 spiro atoms. The van der Waals surface area contributed by atoms with Gasteiger partial charge in [-0.1, -0.05) is 15.9 Å². The van der Waals surface area contributed by atoms with Crippen molar-refractivity contribution in [2.75, 3.05) is 7.11 Å². The molecule has 0 aromatic heterocycles. The van der Waals surface area contributed by atoms with E-state index < -0.39 is 5.97 Å². The molecule has 1 aromatic carbocycles. The minimum Gasteiger partial charge on any atom is -0.493 e. The largest absolute Gasteiger partial charge is 0.493 e. The fourth-order valence-electron chi connectivity index (χ4n) is 2.84. The van der Waals surface area contributed by atoms with Crippen LogP contribution in [0.2, 0.25) is 0 Å². The van der Waals surface area contributed by atoms with Crippen molar-refractivity contribution in [3.8, 4) is 11.5 Å². The lowest BCUT2D eigenvalue weighted by Crippen LogP contribution is -2.25. The molecule has 1 aromatic rings. The molecule has 0 unspecified atom stereocenters. The van der Waals surface area contributed by atoms with E-state index >= 15 is 0 Å². The van der Waals surface area contributed by atoms with Crippen molar-refractivity contribution < 1.29 is 19.4 Å². The molecular formula is C16H19BrO4. The number of aliphatic carboxylic acids is 1. The summed E-state index contributed by atoms with van der Waals surface area (Å²) >= 11 is 3.56. The normalized spacial score (nSPS) is 19.7. The standard InChI is InChI=1S/C16H19BrO4/c1-20-13-8-12(17)11(16(5-6-16)9-15(18)19)7-14(13)21-10-3-2-4-10/h7-8,10H,2-6,9H2,1H3,(H,18,19). The first-order valence-electron chi connectivity index (χ1n) is 7.30. The molecule has 4 nitrogen and oxygen atoms in total. The van der Waals surface area contributed by atoms with Gasteiger partial charge in [0.05, 0.1) is 19.6 Å². The van der Waals surface area contributed by atoms with Gasteiger partial charge in [0.1, 0.15) is 0 Å². The molecular weight excluding hydrogens is 336 g/mol. The predicted octanol–water partition coefficient (Wildman–Crippen LogP) is 3.90. The zero-order valence-electron chi connectivity index (χ0n) is 12.0. The molecule has 0 bridgehead atoms. The molecule has 0 radical (unpaired) electrons. The average Bonchev–Trinajstić information content (AvgIpc) is 3.14. The average molecular weight is 355 g/mol. The second kappa shape index (κ2) is 5.52. The van der Waals surface area contributed by atoms with E-state index in [4.69, 9.17) is 14.6 Å². The summed E-state index contributed by atoms with van der Waals surface area (Å²) in [5, 5.41) is 9.13. The van der Waals surface area contributed by atoms with E-state index in [-0.39, 0.29) is 17.9 Å². The number of carboxylic acid groups (broad SMARTS) is 1. The van der Waals surface area contributed by atoms with Crippen molar-refractivity contribution in [1.29, 1.82) is 0 Å². The molecule has 2 fully saturated rings. The third-order valence-corrected chi connectivity index (χ3v) is 5.17. The van der Waals surface area contributed by atoms with Crippen LogP contribution in [0.3, 0.4) is 0 Å². The maximum Gasteiger partial charge on any atom is 0.304 e. The molecule has 1 N–H and O–H groups in total. The van der Waals surface area contributed by atoms with Gasteiger partial charge in [0, 0.05) is 9.89 Å². The number of ether oxygens (including phenoxy) is 2.